The fourth-order valence-electron chi connectivity index (χ4n) is 1.02. The molecule has 11 heavy (non-hydrogen) atoms. The molecule has 0 aliphatic carbocycles. The van der Waals surface area contributed by atoms with Crippen molar-refractivity contribution in [2.24, 2.45) is 0 Å². The SMILES string of the molecule is Cc1oc2ccncc2[n+]1N. The number of aryl methyl sites for hydroxylation is 1. The normalized spacial score (nSPS) is 10.6. The van der Waals surface area contributed by atoms with E-state index in [1.807, 2.05) is 0 Å². The average Bonchev–Trinajstić information content (AvgIpc) is 2.30. The largest absolute Gasteiger partial charge is 0.399 e. The number of rotatable bonds is 0. The fourth-order valence-corrected chi connectivity index (χ4v) is 1.02. The number of nitrogens with two attached hydrogens (primary N) is 1. The number of aromatic nitrogens is 2. The highest BCUT2D eigenvalue weighted by Crippen LogP contribution is 2.08. The Balaban J connectivity index is 2.92. The van der Waals surface area contributed by atoms with E-state index in [0.29, 0.717) is 5.89 Å². The van der Waals surface area contributed by atoms with E-state index in [2.05, 4.69) is 4.98 Å². The second-order valence-corrected chi connectivity index (χ2v) is 2.33. The van der Waals surface area contributed by atoms with Crippen molar-refractivity contribution in [2.75, 3.05) is 5.84 Å². The zero-order valence-corrected chi connectivity index (χ0v) is 6.11. The van der Waals surface area contributed by atoms with Crippen molar-refractivity contribution < 1.29 is 9.09 Å². The standard InChI is InChI=1S/C7H8N3O/c1-5-10(8)6-4-9-3-2-7(6)11-5/h2-4H,8H2,1H3/q+1. The number of fused-ring (bicyclic) bond motifs is 1. The molecule has 4 nitrogen and oxygen atoms in total. The Kier molecular flexibility index (Phi) is 1.09. The second-order valence-electron chi connectivity index (χ2n) is 2.33. The van der Waals surface area contributed by atoms with Gasteiger partial charge in [0.05, 0.1) is 6.92 Å². The molecule has 0 atom stereocenters. The van der Waals surface area contributed by atoms with Gasteiger partial charge in [-0.2, -0.15) is 0 Å². The molecule has 0 unspecified atom stereocenters. The van der Waals surface area contributed by atoms with E-state index >= 15 is 0 Å². The molecular formula is C7H8N3O+. The molecule has 0 fully saturated rings. The van der Waals surface area contributed by atoms with Gasteiger partial charge in [0.2, 0.25) is 5.58 Å². The molecule has 0 aromatic carbocycles. The van der Waals surface area contributed by atoms with E-state index in [9.17, 15) is 0 Å². The van der Waals surface area contributed by atoms with Crippen LogP contribution >= 0.6 is 0 Å². The van der Waals surface area contributed by atoms with E-state index in [4.69, 9.17) is 10.3 Å². The molecule has 2 aromatic rings. The molecule has 2 aromatic heterocycles. The molecule has 0 aliphatic rings. The fraction of sp³-hybridized carbons (Fsp3) is 0.143. The summed E-state index contributed by atoms with van der Waals surface area (Å²) in [5.74, 6) is 6.30. The molecular weight excluding hydrogens is 142 g/mol. The lowest BCUT2D eigenvalue weighted by atomic mass is 10.4. The maximum Gasteiger partial charge on any atom is 0.373 e. The van der Waals surface area contributed by atoms with E-state index in [0.717, 1.165) is 11.1 Å². The number of nitrogen functional groups attached to an aromatic ring is 1. The van der Waals surface area contributed by atoms with Gasteiger partial charge < -0.3 is 4.42 Å². The van der Waals surface area contributed by atoms with Crippen LogP contribution in [0, 0.1) is 6.92 Å². The summed E-state index contributed by atoms with van der Waals surface area (Å²) in [6.07, 6.45) is 3.34. The molecule has 0 spiro atoms. The molecule has 4 heteroatoms. The summed E-state index contributed by atoms with van der Waals surface area (Å²) in [7, 11) is 0. The van der Waals surface area contributed by atoms with Gasteiger partial charge in [-0.05, 0) is 4.68 Å². The van der Waals surface area contributed by atoms with Gasteiger partial charge in [-0.1, -0.05) is 0 Å². The first kappa shape index (κ1) is 6.15. The first-order valence-corrected chi connectivity index (χ1v) is 3.29. The zero-order valence-electron chi connectivity index (χ0n) is 6.11. The third-order valence-electron chi connectivity index (χ3n) is 1.62. The Bertz CT molecular complexity index is 393. The van der Waals surface area contributed by atoms with Crippen LogP contribution < -0.4 is 10.5 Å². The van der Waals surface area contributed by atoms with Crippen molar-refractivity contribution in [2.45, 2.75) is 6.92 Å². The zero-order chi connectivity index (χ0) is 7.84. The monoisotopic (exact) mass is 150 g/mol. The number of nitrogens with zero attached hydrogens (tertiary/aromatic N) is 2. The number of hydrogen-bond donors (Lipinski definition) is 1. The van der Waals surface area contributed by atoms with Gasteiger partial charge in [-0.15, -0.1) is 0 Å². The summed E-state index contributed by atoms with van der Waals surface area (Å²) in [6, 6.07) is 1.78. The van der Waals surface area contributed by atoms with Gasteiger partial charge >= 0.3 is 5.89 Å². The Labute approximate surface area is 63.2 Å². The second kappa shape index (κ2) is 1.95. The van der Waals surface area contributed by atoms with Gasteiger partial charge in [-0.25, -0.2) is 5.84 Å². The molecule has 0 aliphatic heterocycles. The maximum atomic E-state index is 5.62. The van der Waals surface area contributed by atoms with E-state index in [1.54, 1.807) is 25.4 Å². The average molecular weight is 150 g/mol. The highest BCUT2D eigenvalue weighted by Gasteiger charge is 2.15. The predicted molar refractivity (Wildman–Crippen MR) is 39.1 cm³/mol. The minimum absolute atomic E-state index is 0.674. The number of hydrogen-bond acceptors (Lipinski definition) is 3. The van der Waals surface area contributed by atoms with Crippen molar-refractivity contribution in [3.63, 3.8) is 0 Å². The van der Waals surface area contributed by atoms with E-state index in [1.165, 1.54) is 4.68 Å². The molecule has 0 saturated carbocycles. The summed E-state index contributed by atoms with van der Waals surface area (Å²) >= 11 is 0. The topological polar surface area (TPSA) is 55.9 Å². The Morgan fingerprint density at radius 1 is 1.64 bits per heavy atom. The highest BCUT2D eigenvalue weighted by molar-refractivity contribution is 5.66. The summed E-state index contributed by atoms with van der Waals surface area (Å²) in [4.78, 5) is 3.93. The van der Waals surface area contributed by atoms with Crippen LogP contribution in [0.2, 0.25) is 0 Å². The Morgan fingerprint density at radius 3 is 3.18 bits per heavy atom. The van der Waals surface area contributed by atoms with Gasteiger partial charge in [0.1, 0.15) is 6.20 Å². The summed E-state index contributed by atoms with van der Waals surface area (Å²) in [6.45, 7) is 1.81. The Morgan fingerprint density at radius 2 is 2.45 bits per heavy atom. The van der Waals surface area contributed by atoms with Crippen LogP contribution in [0.3, 0.4) is 0 Å². The van der Waals surface area contributed by atoms with Crippen molar-refractivity contribution >= 4 is 11.1 Å². The minimum atomic E-state index is 0.674. The Hall–Kier alpha value is -1.58. The lowest BCUT2D eigenvalue weighted by Gasteiger charge is -1.78. The van der Waals surface area contributed by atoms with E-state index in [-0.39, 0.29) is 0 Å². The minimum Gasteiger partial charge on any atom is -0.399 e. The molecule has 0 bridgehead atoms. The van der Waals surface area contributed by atoms with Crippen LogP contribution in [0.4, 0.5) is 0 Å². The van der Waals surface area contributed by atoms with Crippen molar-refractivity contribution in [3.8, 4) is 0 Å². The van der Waals surface area contributed by atoms with Gasteiger partial charge in [0, 0.05) is 12.3 Å². The van der Waals surface area contributed by atoms with Gasteiger partial charge in [-0.3, -0.25) is 4.98 Å². The lowest BCUT2D eigenvalue weighted by Crippen LogP contribution is -2.45. The van der Waals surface area contributed by atoms with Gasteiger partial charge in [0.25, 0.3) is 5.52 Å². The van der Waals surface area contributed by atoms with Crippen molar-refractivity contribution in [1.82, 2.24) is 4.98 Å². The lowest BCUT2D eigenvalue weighted by molar-refractivity contribution is -0.624. The third-order valence-corrected chi connectivity index (χ3v) is 1.62. The summed E-state index contributed by atoms with van der Waals surface area (Å²) in [5, 5.41) is 0. The van der Waals surface area contributed by atoms with Crippen LogP contribution in [-0.2, 0) is 0 Å². The molecule has 2 N–H and O–H groups in total. The van der Waals surface area contributed by atoms with Crippen LogP contribution in [-0.4, -0.2) is 4.98 Å². The van der Waals surface area contributed by atoms with Crippen LogP contribution in [0.5, 0.6) is 0 Å². The van der Waals surface area contributed by atoms with Crippen LogP contribution in [0.15, 0.2) is 22.9 Å². The molecule has 2 rings (SSSR count). The first-order valence-electron chi connectivity index (χ1n) is 3.29. The molecule has 2 heterocycles. The molecule has 0 amide bonds. The van der Waals surface area contributed by atoms with Crippen molar-refractivity contribution in [1.29, 1.82) is 0 Å². The molecule has 0 radical (unpaired) electrons. The quantitative estimate of drug-likeness (QED) is 0.429. The molecule has 0 saturated heterocycles. The highest BCUT2D eigenvalue weighted by atomic mass is 16.4. The maximum absolute atomic E-state index is 5.62. The van der Waals surface area contributed by atoms with E-state index < -0.39 is 0 Å². The number of oxazole rings is 1. The third kappa shape index (κ3) is 0.756. The summed E-state index contributed by atoms with van der Waals surface area (Å²) in [5.41, 5.74) is 1.57. The van der Waals surface area contributed by atoms with Gasteiger partial charge in [0.15, 0.2) is 0 Å². The van der Waals surface area contributed by atoms with Crippen molar-refractivity contribution in [3.05, 3.63) is 24.4 Å². The predicted octanol–water partition coefficient (Wildman–Crippen LogP) is 0.138. The first-order chi connectivity index (χ1) is 5.29. The smallest absolute Gasteiger partial charge is 0.373 e. The van der Waals surface area contributed by atoms with Crippen LogP contribution in [0.1, 0.15) is 5.89 Å². The van der Waals surface area contributed by atoms with Crippen LogP contribution in [0.25, 0.3) is 11.1 Å². The number of pyridine rings is 1. The summed E-state index contributed by atoms with van der Waals surface area (Å²) < 4.78 is 6.77. The molecule has 56 valence electrons.